The van der Waals surface area contributed by atoms with Gasteiger partial charge < -0.3 is 10.2 Å². The molecule has 0 heterocycles. The van der Waals surface area contributed by atoms with Crippen molar-refractivity contribution in [3.63, 3.8) is 0 Å². The van der Waals surface area contributed by atoms with Gasteiger partial charge in [-0.1, -0.05) is 26.0 Å². The van der Waals surface area contributed by atoms with Crippen molar-refractivity contribution in [2.75, 3.05) is 6.61 Å². The number of allylic oxidation sites excluding steroid dienone is 2. The Hall–Kier alpha value is -0.830. The first-order valence-corrected chi connectivity index (χ1v) is 10.9. The van der Waals surface area contributed by atoms with Crippen LogP contribution in [-0.2, 0) is 4.79 Å². The molecule has 4 aliphatic rings. The molecular weight excluding hydrogens is 324 g/mol. The molecule has 0 saturated heterocycles. The number of aliphatic carboxylic acids is 1. The maximum Gasteiger partial charge on any atom is 0.308 e. The molecule has 3 nitrogen and oxygen atoms in total. The van der Waals surface area contributed by atoms with E-state index in [1.807, 2.05) is 0 Å². The first-order chi connectivity index (χ1) is 12.4. The van der Waals surface area contributed by atoms with Crippen LogP contribution in [0.25, 0.3) is 0 Å². The van der Waals surface area contributed by atoms with Crippen LogP contribution in [0, 0.1) is 46.3 Å². The molecular formula is C23H36O3. The molecule has 0 bridgehead atoms. The third kappa shape index (κ3) is 2.68. The van der Waals surface area contributed by atoms with E-state index in [0.717, 1.165) is 30.1 Å². The van der Waals surface area contributed by atoms with Gasteiger partial charge in [-0.2, -0.15) is 0 Å². The molecule has 146 valence electrons. The molecule has 3 saturated carbocycles. The largest absolute Gasteiger partial charge is 0.481 e. The van der Waals surface area contributed by atoms with Gasteiger partial charge in [-0.05, 0) is 98.2 Å². The Morgan fingerprint density at radius 2 is 1.85 bits per heavy atom. The fourth-order valence-electron chi connectivity index (χ4n) is 7.92. The van der Waals surface area contributed by atoms with E-state index in [4.69, 9.17) is 0 Å². The van der Waals surface area contributed by atoms with Gasteiger partial charge in [0.2, 0.25) is 0 Å². The van der Waals surface area contributed by atoms with Crippen LogP contribution in [0.2, 0.25) is 0 Å². The molecule has 4 aliphatic carbocycles. The fraction of sp³-hybridized carbons (Fsp3) is 0.870. The number of carboxylic acid groups (broad SMARTS) is 1. The minimum absolute atomic E-state index is 0.218. The molecule has 26 heavy (non-hydrogen) atoms. The monoisotopic (exact) mass is 360 g/mol. The second-order valence-corrected chi connectivity index (χ2v) is 10.3. The van der Waals surface area contributed by atoms with E-state index < -0.39 is 11.9 Å². The van der Waals surface area contributed by atoms with Crippen molar-refractivity contribution in [2.24, 2.45) is 46.3 Å². The number of rotatable bonds is 4. The van der Waals surface area contributed by atoms with Crippen molar-refractivity contribution in [3.05, 3.63) is 12.2 Å². The normalized spacial score (nSPS) is 48.3. The second kappa shape index (κ2) is 6.65. The standard InChI is InChI=1S/C23H36O3/c1-22-11-4-3-5-16(22)6-8-18-19-9-7-17(13-15(14-24)21(25)26)23(19,2)12-10-20(18)22/h3,5,15-20,24H,4,6-14H2,1-2H3,(H,25,26)/t15?,16-,17-,18+,19+,20+,22+,23-/m1/s1. The molecule has 1 unspecified atom stereocenters. The van der Waals surface area contributed by atoms with Crippen molar-refractivity contribution in [1.29, 1.82) is 0 Å². The van der Waals surface area contributed by atoms with E-state index in [0.29, 0.717) is 17.8 Å². The van der Waals surface area contributed by atoms with Crippen molar-refractivity contribution < 1.29 is 15.0 Å². The maximum absolute atomic E-state index is 11.4. The van der Waals surface area contributed by atoms with E-state index in [1.165, 1.54) is 44.9 Å². The summed E-state index contributed by atoms with van der Waals surface area (Å²) in [6, 6.07) is 0. The van der Waals surface area contributed by atoms with Crippen LogP contribution in [0.15, 0.2) is 12.2 Å². The Morgan fingerprint density at radius 3 is 2.58 bits per heavy atom. The third-order valence-electron chi connectivity index (χ3n) is 9.50. The summed E-state index contributed by atoms with van der Waals surface area (Å²) in [7, 11) is 0. The van der Waals surface area contributed by atoms with E-state index >= 15 is 0 Å². The van der Waals surface area contributed by atoms with Gasteiger partial charge in [-0.3, -0.25) is 4.79 Å². The molecule has 3 fully saturated rings. The Labute approximate surface area is 158 Å². The van der Waals surface area contributed by atoms with Gasteiger partial charge in [-0.25, -0.2) is 0 Å². The van der Waals surface area contributed by atoms with Gasteiger partial charge in [0.05, 0.1) is 12.5 Å². The van der Waals surface area contributed by atoms with Crippen LogP contribution in [0.4, 0.5) is 0 Å². The van der Waals surface area contributed by atoms with Gasteiger partial charge in [0.15, 0.2) is 0 Å². The van der Waals surface area contributed by atoms with Crippen LogP contribution in [0.3, 0.4) is 0 Å². The lowest BCUT2D eigenvalue weighted by atomic mass is 9.45. The zero-order valence-corrected chi connectivity index (χ0v) is 16.5. The Kier molecular flexibility index (Phi) is 4.74. The smallest absolute Gasteiger partial charge is 0.308 e. The van der Waals surface area contributed by atoms with E-state index in [-0.39, 0.29) is 12.0 Å². The van der Waals surface area contributed by atoms with Crippen molar-refractivity contribution >= 4 is 5.97 Å². The number of aliphatic hydroxyl groups excluding tert-OH is 1. The number of hydrogen-bond donors (Lipinski definition) is 2. The van der Waals surface area contributed by atoms with Crippen LogP contribution >= 0.6 is 0 Å². The number of aliphatic hydroxyl groups is 1. The number of carboxylic acids is 1. The summed E-state index contributed by atoms with van der Waals surface area (Å²) in [5, 5.41) is 18.9. The minimum Gasteiger partial charge on any atom is -0.481 e. The van der Waals surface area contributed by atoms with Crippen molar-refractivity contribution in [2.45, 2.75) is 71.6 Å². The van der Waals surface area contributed by atoms with Gasteiger partial charge in [0.1, 0.15) is 0 Å². The average Bonchev–Trinajstić information content (AvgIpc) is 2.95. The highest BCUT2D eigenvalue weighted by Crippen LogP contribution is 2.67. The van der Waals surface area contributed by atoms with E-state index in [2.05, 4.69) is 26.0 Å². The van der Waals surface area contributed by atoms with E-state index in [1.54, 1.807) is 0 Å². The Morgan fingerprint density at radius 1 is 1.08 bits per heavy atom. The van der Waals surface area contributed by atoms with E-state index in [9.17, 15) is 15.0 Å². The lowest BCUT2D eigenvalue weighted by Crippen LogP contribution is -2.52. The van der Waals surface area contributed by atoms with Crippen molar-refractivity contribution in [1.82, 2.24) is 0 Å². The highest BCUT2D eigenvalue weighted by atomic mass is 16.4. The number of fused-ring (bicyclic) bond motifs is 5. The predicted octanol–water partition coefficient (Wildman–Crippen LogP) is 4.89. The van der Waals surface area contributed by atoms with Gasteiger partial charge in [-0.15, -0.1) is 0 Å². The molecule has 0 amide bonds. The Bertz CT molecular complexity index is 584. The molecule has 0 radical (unpaired) electrons. The molecule has 0 aromatic carbocycles. The lowest BCUT2D eigenvalue weighted by molar-refractivity contribution is -0.144. The zero-order valence-electron chi connectivity index (χ0n) is 16.5. The molecule has 0 aliphatic heterocycles. The highest BCUT2D eigenvalue weighted by Gasteiger charge is 2.59. The Balaban J connectivity index is 1.55. The summed E-state index contributed by atoms with van der Waals surface area (Å²) in [6.45, 7) is 4.81. The maximum atomic E-state index is 11.4. The highest BCUT2D eigenvalue weighted by molar-refractivity contribution is 5.70. The van der Waals surface area contributed by atoms with Crippen LogP contribution in [0.5, 0.6) is 0 Å². The topological polar surface area (TPSA) is 57.5 Å². The molecule has 2 N–H and O–H groups in total. The number of hydrogen-bond acceptors (Lipinski definition) is 2. The summed E-state index contributed by atoms with van der Waals surface area (Å²) < 4.78 is 0. The fourth-order valence-corrected chi connectivity index (χ4v) is 7.92. The molecule has 0 aromatic heterocycles. The third-order valence-corrected chi connectivity index (χ3v) is 9.50. The summed E-state index contributed by atoms with van der Waals surface area (Å²) in [6.07, 6.45) is 15.9. The van der Waals surface area contributed by atoms with Gasteiger partial charge in [0.25, 0.3) is 0 Å². The lowest BCUT2D eigenvalue weighted by Gasteiger charge is -2.59. The second-order valence-electron chi connectivity index (χ2n) is 10.3. The predicted molar refractivity (Wildman–Crippen MR) is 103 cm³/mol. The van der Waals surface area contributed by atoms with Crippen LogP contribution in [0.1, 0.15) is 71.6 Å². The molecule has 3 heteroatoms. The van der Waals surface area contributed by atoms with Crippen LogP contribution in [-0.4, -0.2) is 22.8 Å². The number of carbonyl (C=O) groups is 1. The van der Waals surface area contributed by atoms with Crippen molar-refractivity contribution in [3.8, 4) is 0 Å². The molecule has 0 spiro atoms. The molecule has 0 aromatic rings. The summed E-state index contributed by atoms with van der Waals surface area (Å²) in [5.41, 5.74) is 0.781. The van der Waals surface area contributed by atoms with Crippen LogP contribution < -0.4 is 0 Å². The zero-order chi connectivity index (χ0) is 18.5. The van der Waals surface area contributed by atoms with Gasteiger partial charge >= 0.3 is 5.97 Å². The van der Waals surface area contributed by atoms with Gasteiger partial charge in [0, 0.05) is 0 Å². The quantitative estimate of drug-likeness (QED) is 0.702. The molecule has 8 atom stereocenters. The summed E-state index contributed by atoms with van der Waals surface area (Å²) in [5.74, 6) is 2.31. The first kappa shape index (κ1) is 18.5. The summed E-state index contributed by atoms with van der Waals surface area (Å²) in [4.78, 5) is 11.4. The first-order valence-electron chi connectivity index (χ1n) is 10.9. The summed E-state index contributed by atoms with van der Waals surface area (Å²) >= 11 is 0. The average molecular weight is 361 g/mol. The minimum atomic E-state index is -0.824. The molecule has 4 rings (SSSR count). The SMILES string of the molecule is C[C@]12CCC=C[C@@H]1CC[C@@H]1[C@@H]2CC[C@]2(C)[C@@H](CC(CO)C(=O)O)CC[C@@H]12.